The van der Waals surface area contributed by atoms with Gasteiger partial charge in [0.1, 0.15) is 0 Å². The minimum atomic E-state index is -0.749. The molecular weight excluding hydrogens is 226 g/mol. The molecule has 18 heavy (non-hydrogen) atoms. The van der Waals surface area contributed by atoms with Gasteiger partial charge in [0.15, 0.2) is 0 Å². The predicted octanol–water partition coefficient (Wildman–Crippen LogP) is 3.44. The number of aliphatic carboxylic acids is 1. The SMILES string of the molecule is N.O=C(O)CC1c2ccccc2-c2ccccc21. The van der Waals surface area contributed by atoms with Gasteiger partial charge in [-0.25, -0.2) is 0 Å². The van der Waals surface area contributed by atoms with Crippen molar-refractivity contribution in [1.82, 2.24) is 6.15 Å². The summed E-state index contributed by atoms with van der Waals surface area (Å²) in [6.45, 7) is 0. The summed E-state index contributed by atoms with van der Waals surface area (Å²) in [7, 11) is 0. The van der Waals surface area contributed by atoms with Crippen molar-refractivity contribution in [3.63, 3.8) is 0 Å². The van der Waals surface area contributed by atoms with E-state index in [-0.39, 0.29) is 18.5 Å². The Morgan fingerprint density at radius 3 is 1.83 bits per heavy atom. The number of benzene rings is 2. The topological polar surface area (TPSA) is 72.3 Å². The summed E-state index contributed by atoms with van der Waals surface area (Å²) in [5.41, 5.74) is 4.62. The van der Waals surface area contributed by atoms with Gasteiger partial charge < -0.3 is 11.3 Å². The first-order chi connectivity index (χ1) is 8.27. The second-order valence-electron chi connectivity index (χ2n) is 4.32. The maximum Gasteiger partial charge on any atom is 0.304 e. The quantitative estimate of drug-likeness (QED) is 0.845. The van der Waals surface area contributed by atoms with E-state index in [0.717, 1.165) is 11.1 Å². The smallest absolute Gasteiger partial charge is 0.304 e. The van der Waals surface area contributed by atoms with Crippen LogP contribution in [0.15, 0.2) is 48.5 Å². The summed E-state index contributed by atoms with van der Waals surface area (Å²) in [5, 5.41) is 9.03. The van der Waals surface area contributed by atoms with Crippen molar-refractivity contribution in [2.24, 2.45) is 0 Å². The molecule has 0 heterocycles. The van der Waals surface area contributed by atoms with E-state index in [2.05, 4.69) is 12.1 Å². The molecule has 0 spiro atoms. The molecule has 3 nitrogen and oxygen atoms in total. The molecule has 1 aliphatic rings. The van der Waals surface area contributed by atoms with Gasteiger partial charge in [-0.3, -0.25) is 4.79 Å². The predicted molar refractivity (Wildman–Crippen MR) is 71.0 cm³/mol. The number of hydrogen-bond acceptors (Lipinski definition) is 2. The minimum absolute atomic E-state index is 0. The van der Waals surface area contributed by atoms with Gasteiger partial charge in [-0.1, -0.05) is 48.5 Å². The highest BCUT2D eigenvalue weighted by Gasteiger charge is 2.29. The molecule has 0 bridgehead atoms. The molecule has 4 N–H and O–H groups in total. The molecule has 1 aliphatic carbocycles. The Hall–Kier alpha value is -2.13. The number of carboxylic acid groups (broad SMARTS) is 1. The van der Waals surface area contributed by atoms with Crippen molar-refractivity contribution >= 4 is 5.97 Å². The molecule has 0 aliphatic heterocycles. The Labute approximate surface area is 106 Å². The standard InChI is InChI=1S/C15H12O2.H3N/c16-15(17)9-14-12-7-3-1-5-10(12)11-6-2-4-8-13(11)14;/h1-8,14H,9H2,(H,16,17);1H3. The van der Waals surface area contributed by atoms with Gasteiger partial charge in [-0.05, 0) is 22.3 Å². The zero-order valence-electron chi connectivity index (χ0n) is 9.97. The van der Waals surface area contributed by atoms with Crippen LogP contribution >= 0.6 is 0 Å². The zero-order valence-corrected chi connectivity index (χ0v) is 9.97. The molecule has 2 aromatic rings. The summed E-state index contributed by atoms with van der Waals surface area (Å²) in [6, 6.07) is 16.1. The van der Waals surface area contributed by atoms with Gasteiger partial charge in [0.05, 0.1) is 6.42 Å². The Bertz CT molecular complexity index is 547. The second-order valence-corrected chi connectivity index (χ2v) is 4.32. The molecule has 0 amide bonds. The highest BCUT2D eigenvalue weighted by molar-refractivity contribution is 5.81. The van der Waals surface area contributed by atoms with E-state index in [4.69, 9.17) is 5.11 Å². The van der Waals surface area contributed by atoms with Gasteiger partial charge in [-0.15, -0.1) is 0 Å². The molecule has 2 aromatic carbocycles. The van der Waals surface area contributed by atoms with E-state index in [1.807, 2.05) is 36.4 Å². The first-order valence-corrected chi connectivity index (χ1v) is 5.67. The third kappa shape index (κ3) is 1.79. The number of fused-ring (bicyclic) bond motifs is 3. The van der Waals surface area contributed by atoms with Crippen molar-refractivity contribution in [3.8, 4) is 11.1 Å². The molecule has 0 unspecified atom stereocenters. The van der Waals surface area contributed by atoms with E-state index in [1.54, 1.807) is 0 Å². The van der Waals surface area contributed by atoms with E-state index in [0.29, 0.717) is 0 Å². The van der Waals surface area contributed by atoms with Crippen LogP contribution in [-0.2, 0) is 4.79 Å². The number of hydrogen-bond donors (Lipinski definition) is 2. The maximum atomic E-state index is 11.0. The summed E-state index contributed by atoms with van der Waals surface area (Å²) >= 11 is 0. The van der Waals surface area contributed by atoms with Crippen molar-refractivity contribution < 1.29 is 9.90 Å². The van der Waals surface area contributed by atoms with Crippen LogP contribution in [0.3, 0.4) is 0 Å². The summed E-state index contributed by atoms with van der Waals surface area (Å²) < 4.78 is 0. The third-order valence-electron chi connectivity index (χ3n) is 3.34. The lowest BCUT2D eigenvalue weighted by Gasteiger charge is -2.10. The van der Waals surface area contributed by atoms with Crippen molar-refractivity contribution in [3.05, 3.63) is 59.7 Å². The molecule has 0 fully saturated rings. The van der Waals surface area contributed by atoms with Gasteiger partial charge >= 0.3 is 5.97 Å². The largest absolute Gasteiger partial charge is 0.481 e. The minimum Gasteiger partial charge on any atom is -0.481 e. The van der Waals surface area contributed by atoms with Gasteiger partial charge in [0.2, 0.25) is 0 Å². The molecule has 0 saturated heterocycles. The fourth-order valence-corrected chi connectivity index (χ4v) is 2.65. The molecule has 0 aromatic heterocycles. The number of rotatable bonds is 2. The zero-order chi connectivity index (χ0) is 11.8. The maximum absolute atomic E-state index is 11.0. The number of carbonyl (C=O) groups is 1. The monoisotopic (exact) mass is 241 g/mol. The molecule has 3 rings (SSSR count). The molecule has 0 radical (unpaired) electrons. The molecule has 0 atom stereocenters. The van der Waals surface area contributed by atoms with E-state index in [1.165, 1.54) is 11.1 Å². The van der Waals surface area contributed by atoms with Crippen LogP contribution in [0.4, 0.5) is 0 Å². The van der Waals surface area contributed by atoms with E-state index >= 15 is 0 Å². The summed E-state index contributed by atoms with van der Waals surface area (Å²) in [5.74, 6) is -0.749. The van der Waals surface area contributed by atoms with Gasteiger partial charge in [0.25, 0.3) is 0 Å². The lowest BCUT2D eigenvalue weighted by atomic mass is 9.94. The highest BCUT2D eigenvalue weighted by atomic mass is 16.4. The average molecular weight is 241 g/mol. The summed E-state index contributed by atoms with van der Waals surface area (Å²) in [6.07, 6.45) is 0.161. The van der Waals surface area contributed by atoms with Crippen molar-refractivity contribution in [1.29, 1.82) is 0 Å². The Morgan fingerprint density at radius 1 is 0.944 bits per heavy atom. The van der Waals surface area contributed by atoms with Crippen molar-refractivity contribution in [2.45, 2.75) is 12.3 Å². The Balaban J connectivity index is 0.00000120. The Kier molecular flexibility index (Phi) is 3.17. The van der Waals surface area contributed by atoms with Gasteiger partial charge in [0, 0.05) is 5.92 Å². The van der Waals surface area contributed by atoms with Crippen LogP contribution in [0.5, 0.6) is 0 Å². The van der Waals surface area contributed by atoms with Crippen LogP contribution in [0.1, 0.15) is 23.5 Å². The molecule has 3 heteroatoms. The Morgan fingerprint density at radius 2 is 1.39 bits per heavy atom. The normalized spacial score (nSPS) is 12.4. The third-order valence-corrected chi connectivity index (χ3v) is 3.34. The molecule has 92 valence electrons. The van der Waals surface area contributed by atoms with E-state index < -0.39 is 5.97 Å². The van der Waals surface area contributed by atoms with Gasteiger partial charge in [-0.2, -0.15) is 0 Å². The van der Waals surface area contributed by atoms with E-state index in [9.17, 15) is 4.79 Å². The van der Waals surface area contributed by atoms with Crippen molar-refractivity contribution in [2.75, 3.05) is 0 Å². The average Bonchev–Trinajstić information content (AvgIpc) is 2.65. The van der Waals surface area contributed by atoms with Crippen LogP contribution in [0, 0.1) is 0 Å². The molecule has 0 saturated carbocycles. The first kappa shape index (κ1) is 12.3. The number of carboxylic acids is 1. The van der Waals surface area contributed by atoms with Crippen LogP contribution < -0.4 is 6.15 Å². The molecular formula is C15H15NO2. The van der Waals surface area contributed by atoms with Crippen LogP contribution in [0.2, 0.25) is 0 Å². The second kappa shape index (κ2) is 4.63. The first-order valence-electron chi connectivity index (χ1n) is 5.67. The van der Waals surface area contributed by atoms with Crippen LogP contribution in [-0.4, -0.2) is 11.1 Å². The lowest BCUT2D eigenvalue weighted by molar-refractivity contribution is -0.137. The van der Waals surface area contributed by atoms with Crippen LogP contribution in [0.25, 0.3) is 11.1 Å². The summed E-state index contributed by atoms with van der Waals surface area (Å²) in [4.78, 5) is 11.0. The fourth-order valence-electron chi connectivity index (χ4n) is 2.65. The highest BCUT2D eigenvalue weighted by Crippen LogP contribution is 2.45. The fraction of sp³-hybridized carbons (Fsp3) is 0.133. The lowest BCUT2D eigenvalue weighted by Crippen LogP contribution is -2.04.